The normalized spacial score (nSPS) is 14.8. The summed E-state index contributed by atoms with van der Waals surface area (Å²) in [6.45, 7) is 14.6. The van der Waals surface area contributed by atoms with Crippen molar-refractivity contribution in [2.24, 2.45) is 0 Å². The van der Waals surface area contributed by atoms with Crippen molar-refractivity contribution >= 4 is 5.82 Å². The predicted molar refractivity (Wildman–Crippen MR) is 143 cm³/mol. The second-order valence-electron chi connectivity index (χ2n) is 9.90. The van der Waals surface area contributed by atoms with E-state index in [4.69, 9.17) is 5.10 Å². The van der Waals surface area contributed by atoms with E-state index in [2.05, 4.69) is 42.4 Å². The Kier molecular flexibility index (Phi) is 8.75. The molecule has 0 spiro atoms. The third-order valence-electron chi connectivity index (χ3n) is 7.12. The SMILES string of the molecule is CCCc1nn(-c2cccc(F)c2)c(N2CCN(CC)CC2)c1CN(Cc1ccccc1F)C(C)C. The van der Waals surface area contributed by atoms with Gasteiger partial charge in [-0.25, -0.2) is 13.5 Å². The lowest BCUT2D eigenvalue weighted by molar-refractivity contribution is 0.200. The molecule has 5 nitrogen and oxygen atoms in total. The van der Waals surface area contributed by atoms with Crippen LogP contribution >= 0.6 is 0 Å². The molecule has 0 atom stereocenters. The van der Waals surface area contributed by atoms with Crippen molar-refractivity contribution in [3.8, 4) is 5.69 Å². The summed E-state index contributed by atoms with van der Waals surface area (Å²) in [5, 5.41) is 5.06. The first-order valence-electron chi connectivity index (χ1n) is 13.2. The van der Waals surface area contributed by atoms with Gasteiger partial charge >= 0.3 is 0 Å². The fourth-order valence-electron chi connectivity index (χ4n) is 4.94. The summed E-state index contributed by atoms with van der Waals surface area (Å²) >= 11 is 0. The van der Waals surface area contributed by atoms with Crippen LogP contribution in [0.2, 0.25) is 0 Å². The van der Waals surface area contributed by atoms with Crippen LogP contribution in [0.25, 0.3) is 5.69 Å². The van der Waals surface area contributed by atoms with Crippen LogP contribution in [0.15, 0.2) is 48.5 Å². The summed E-state index contributed by atoms with van der Waals surface area (Å²) in [5.74, 6) is 0.592. The minimum atomic E-state index is -0.272. The van der Waals surface area contributed by atoms with Crippen molar-refractivity contribution in [2.75, 3.05) is 37.6 Å². The second kappa shape index (κ2) is 12.0. The van der Waals surface area contributed by atoms with Crippen LogP contribution in [0.4, 0.5) is 14.6 Å². The van der Waals surface area contributed by atoms with E-state index in [1.165, 1.54) is 12.1 Å². The third-order valence-corrected chi connectivity index (χ3v) is 7.12. The Labute approximate surface area is 214 Å². The number of aryl methyl sites for hydroxylation is 1. The van der Waals surface area contributed by atoms with Gasteiger partial charge in [-0.05, 0) is 51.1 Å². The van der Waals surface area contributed by atoms with Gasteiger partial charge in [0.05, 0.1) is 11.4 Å². The highest BCUT2D eigenvalue weighted by Gasteiger charge is 2.28. The van der Waals surface area contributed by atoms with E-state index in [-0.39, 0.29) is 17.7 Å². The summed E-state index contributed by atoms with van der Waals surface area (Å²) in [4.78, 5) is 7.15. The molecule has 1 aliphatic heterocycles. The third kappa shape index (κ3) is 5.95. The first-order chi connectivity index (χ1) is 17.4. The predicted octanol–water partition coefficient (Wildman–Crippen LogP) is 5.66. The van der Waals surface area contributed by atoms with Crippen molar-refractivity contribution in [1.82, 2.24) is 19.6 Å². The Morgan fingerprint density at radius 2 is 1.69 bits per heavy atom. The molecule has 194 valence electrons. The van der Waals surface area contributed by atoms with E-state index in [0.29, 0.717) is 18.7 Å². The molecule has 0 bridgehead atoms. The minimum Gasteiger partial charge on any atom is -0.354 e. The number of rotatable bonds is 10. The van der Waals surface area contributed by atoms with Gasteiger partial charge in [0.25, 0.3) is 0 Å². The lowest BCUT2D eigenvalue weighted by Gasteiger charge is -2.37. The largest absolute Gasteiger partial charge is 0.354 e. The van der Waals surface area contributed by atoms with E-state index in [9.17, 15) is 8.78 Å². The summed E-state index contributed by atoms with van der Waals surface area (Å²) in [7, 11) is 0. The number of hydrogen-bond acceptors (Lipinski definition) is 4. The van der Waals surface area contributed by atoms with Crippen LogP contribution in [0, 0.1) is 11.6 Å². The maximum absolute atomic E-state index is 14.6. The second-order valence-corrected chi connectivity index (χ2v) is 9.90. The Balaban J connectivity index is 1.78. The molecule has 1 aliphatic rings. The molecule has 1 aromatic heterocycles. The van der Waals surface area contributed by atoms with Gasteiger partial charge in [0.1, 0.15) is 17.5 Å². The maximum Gasteiger partial charge on any atom is 0.137 e. The first kappa shape index (κ1) is 26.3. The molecule has 0 N–H and O–H groups in total. The number of hydrogen-bond donors (Lipinski definition) is 0. The van der Waals surface area contributed by atoms with Crippen LogP contribution in [0.1, 0.15) is 50.9 Å². The highest BCUT2D eigenvalue weighted by atomic mass is 19.1. The van der Waals surface area contributed by atoms with Gasteiger partial charge in [-0.1, -0.05) is 44.5 Å². The monoisotopic (exact) mass is 495 g/mol. The van der Waals surface area contributed by atoms with Crippen molar-refractivity contribution in [3.05, 3.63) is 77.0 Å². The molecule has 7 heteroatoms. The van der Waals surface area contributed by atoms with E-state index in [1.807, 2.05) is 22.9 Å². The number of piperazine rings is 1. The zero-order chi connectivity index (χ0) is 25.7. The summed E-state index contributed by atoms with van der Waals surface area (Å²) < 4.78 is 30.8. The average Bonchev–Trinajstić information content (AvgIpc) is 3.23. The van der Waals surface area contributed by atoms with Crippen LogP contribution in [0.3, 0.4) is 0 Å². The number of benzene rings is 2. The molecule has 36 heavy (non-hydrogen) atoms. The fraction of sp³-hybridized carbons (Fsp3) is 0.483. The lowest BCUT2D eigenvalue weighted by atomic mass is 10.1. The van der Waals surface area contributed by atoms with Gasteiger partial charge in [-0.15, -0.1) is 0 Å². The minimum absolute atomic E-state index is 0.178. The number of likely N-dealkylation sites (N-methyl/N-ethyl adjacent to an activating group) is 1. The van der Waals surface area contributed by atoms with Crippen LogP contribution in [0.5, 0.6) is 0 Å². The number of aromatic nitrogens is 2. The average molecular weight is 496 g/mol. The van der Waals surface area contributed by atoms with Crippen LogP contribution < -0.4 is 4.90 Å². The number of nitrogens with zero attached hydrogens (tertiary/aromatic N) is 5. The lowest BCUT2D eigenvalue weighted by Crippen LogP contribution is -2.47. The number of halogens is 2. The Morgan fingerprint density at radius 1 is 0.944 bits per heavy atom. The fourth-order valence-corrected chi connectivity index (χ4v) is 4.94. The molecule has 0 radical (unpaired) electrons. The molecule has 0 aliphatic carbocycles. The van der Waals surface area contributed by atoms with Gasteiger partial charge in [0.15, 0.2) is 0 Å². The van der Waals surface area contributed by atoms with E-state index >= 15 is 0 Å². The summed E-state index contributed by atoms with van der Waals surface area (Å²) in [6, 6.07) is 13.9. The Hall–Kier alpha value is -2.77. The maximum atomic E-state index is 14.6. The molecular weight excluding hydrogens is 456 g/mol. The zero-order valence-electron chi connectivity index (χ0n) is 22.1. The quantitative estimate of drug-likeness (QED) is 0.363. The Morgan fingerprint density at radius 3 is 2.33 bits per heavy atom. The van der Waals surface area contributed by atoms with E-state index in [1.54, 1.807) is 18.2 Å². The highest BCUT2D eigenvalue weighted by molar-refractivity contribution is 5.56. The van der Waals surface area contributed by atoms with Gasteiger partial charge in [0.2, 0.25) is 0 Å². The molecule has 2 heterocycles. The van der Waals surface area contributed by atoms with Gasteiger partial charge in [-0.2, -0.15) is 5.10 Å². The molecule has 0 saturated carbocycles. The highest BCUT2D eigenvalue weighted by Crippen LogP contribution is 2.32. The van der Waals surface area contributed by atoms with Crippen LogP contribution in [-0.4, -0.2) is 58.3 Å². The van der Waals surface area contributed by atoms with Crippen LogP contribution in [-0.2, 0) is 19.5 Å². The smallest absolute Gasteiger partial charge is 0.137 e. The van der Waals surface area contributed by atoms with E-state index < -0.39 is 0 Å². The first-order valence-corrected chi connectivity index (χ1v) is 13.2. The number of anilines is 1. The van der Waals surface area contributed by atoms with Gasteiger partial charge in [0, 0.05) is 56.4 Å². The van der Waals surface area contributed by atoms with E-state index in [0.717, 1.165) is 68.3 Å². The molecule has 1 fully saturated rings. The molecule has 2 aromatic carbocycles. The van der Waals surface area contributed by atoms with Crippen molar-refractivity contribution in [3.63, 3.8) is 0 Å². The van der Waals surface area contributed by atoms with Gasteiger partial charge < -0.3 is 9.80 Å². The molecule has 1 saturated heterocycles. The standard InChI is InChI=1S/C29H39F2N5/c1-5-10-28-26(21-35(22(3)4)20-23-11-7-8-14-27(23)31)29(34-17-15-33(6-2)16-18-34)36(32-28)25-13-9-12-24(30)19-25/h7-9,11-14,19,22H,5-6,10,15-18,20-21H2,1-4H3. The summed E-state index contributed by atoms with van der Waals surface area (Å²) in [5.41, 5.74) is 3.63. The van der Waals surface area contributed by atoms with Crippen molar-refractivity contribution in [1.29, 1.82) is 0 Å². The molecule has 0 unspecified atom stereocenters. The Bertz CT molecular complexity index is 1130. The van der Waals surface area contributed by atoms with Gasteiger partial charge in [-0.3, -0.25) is 4.90 Å². The van der Waals surface area contributed by atoms with Crippen molar-refractivity contribution in [2.45, 2.75) is 59.7 Å². The molecular formula is C29H39F2N5. The molecule has 4 rings (SSSR count). The molecule has 3 aromatic rings. The van der Waals surface area contributed by atoms with Crippen molar-refractivity contribution < 1.29 is 8.78 Å². The summed E-state index contributed by atoms with van der Waals surface area (Å²) in [6.07, 6.45) is 1.80. The molecule has 0 amide bonds. The topological polar surface area (TPSA) is 27.5 Å². The zero-order valence-corrected chi connectivity index (χ0v) is 22.1.